The van der Waals surface area contributed by atoms with Crippen molar-refractivity contribution < 1.29 is 25.5 Å². The quantitative estimate of drug-likeness (QED) is 0.192. The van der Waals surface area contributed by atoms with Crippen LogP contribution in [0.1, 0.15) is 50.7 Å². The minimum atomic E-state index is -3.34. The second kappa shape index (κ2) is 11.2. The molecule has 36 heavy (non-hydrogen) atoms. The molecule has 2 heterocycles. The first kappa shape index (κ1) is 27.4. The number of aliphatic hydroxyl groups is 5. The summed E-state index contributed by atoms with van der Waals surface area (Å²) in [4.78, 5) is 3.89. The molecular weight excluding hydrogens is 488 g/mol. The summed E-state index contributed by atoms with van der Waals surface area (Å²) in [6.45, 7) is 5.67. The van der Waals surface area contributed by atoms with Crippen molar-refractivity contribution in [3.63, 3.8) is 0 Å². The molecular formula is C24H29ClN6O5. The Hall–Kier alpha value is -3.19. The third kappa shape index (κ3) is 5.78. The lowest BCUT2D eigenvalue weighted by Gasteiger charge is -2.24. The summed E-state index contributed by atoms with van der Waals surface area (Å²) in [5.74, 6) is -5.60. The van der Waals surface area contributed by atoms with E-state index in [9.17, 15) is 25.5 Å². The van der Waals surface area contributed by atoms with E-state index in [-0.39, 0.29) is 18.8 Å². The summed E-state index contributed by atoms with van der Waals surface area (Å²) in [6.07, 6.45) is 0.324. The topological polar surface area (TPSA) is 173 Å². The van der Waals surface area contributed by atoms with Gasteiger partial charge in [0.25, 0.3) is 0 Å². The van der Waals surface area contributed by atoms with Crippen molar-refractivity contribution >= 4 is 11.6 Å². The molecule has 2 aromatic carbocycles. The highest BCUT2D eigenvalue weighted by Crippen LogP contribution is 2.33. The average molecular weight is 517 g/mol. The molecule has 2 aromatic heterocycles. The number of nitrogens with zero attached hydrogens (tertiary/aromatic N) is 5. The molecule has 0 spiro atoms. The van der Waals surface area contributed by atoms with E-state index in [1.807, 2.05) is 50.2 Å². The number of imidazole rings is 1. The summed E-state index contributed by atoms with van der Waals surface area (Å²) in [5, 5.41) is 64.2. The zero-order valence-corrected chi connectivity index (χ0v) is 20.8. The van der Waals surface area contributed by atoms with Crippen LogP contribution in [0, 0.1) is 0 Å². The molecule has 0 unspecified atom stereocenters. The van der Waals surface area contributed by atoms with E-state index in [1.54, 1.807) is 19.1 Å². The van der Waals surface area contributed by atoms with Crippen LogP contribution in [0.25, 0.3) is 22.5 Å². The highest BCUT2D eigenvalue weighted by molar-refractivity contribution is 6.30. The van der Waals surface area contributed by atoms with Crippen LogP contribution in [0.3, 0.4) is 0 Å². The normalized spacial score (nSPS) is 11.8. The predicted octanol–water partition coefficient (Wildman–Crippen LogP) is 2.48. The molecule has 192 valence electrons. The molecule has 0 atom stereocenters. The van der Waals surface area contributed by atoms with Gasteiger partial charge in [-0.2, -0.15) is 5.21 Å². The smallest absolute Gasteiger partial charge is 0.323 e. The van der Waals surface area contributed by atoms with Crippen molar-refractivity contribution in [2.75, 3.05) is 0 Å². The number of aromatic nitrogens is 6. The molecule has 12 heteroatoms. The standard InChI is InChI=1S/C22H23ClN6O5.C2H6/c1-2-11-21(30,31)20-24-18(23)17(22(32,33)34)29(20)12-13-7-9-14(10-8-13)15-5-3-4-6-16(15)19-25-27-28-26-19;1-2/h3-10,30-34H,2,11-12H2,1H3,(H,25,26,27,28);1-2H3. The molecule has 0 aliphatic heterocycles. The number of benzene rings is 2. The second-order valence-electron chi connectivity index (χ2n) is 7.84. The van der Waals surface area contributed by atoms with Gasteiger partial charge in [-0.25, -0.2) is 4.98 Å². The number of hydrogen-bond donors (Lipinski definition) is 6. The van der Waals surface area contributed by atoms with Gasteiger partial charge in [-0.05, 0) is 21.9 Å². The fourth-order valence-electron chi connectivity index (χ4n) is 3.84. The van der Waals surface area contributed by atoms with Crippen LogP contribution in [-0.4, -0.2) is 55.7 Å². The third-order valence-electron chi connectivity index (χ3n) is 5.32. The van der Waals surface area contributed by atoms with E-state index >= 15 is 0 Å². The first-order valence-electron chi connectivity index (χ1n) is 11.4. The summed E-state index contributed by atoms with van der Waals surface area (Å²) in [7, 11) is 0. The van der Waals surface area contributed by atoms with E-state index in [4.69, 9.17) is 11.6 Å². The molecule has 0 bridgehead atoms. The van der Waals surface area contributed by atoms with Gasteiger partial charge in [-0.15, -0.1) is 10.2 Å². The Kier molecular flexibility index (Phi) is 8.56. The first-order chi connectivity index (χ1) is 17.1. The maximum Gasteiger partial charge on any atom is 0.323 e. The number of nitrogens with one attached hydrogen (secondary N) is 1. The van der Waals surface area contributed by atoms with Gasteiger partial charge in [0, 0.05) is 18.5 Å². The summed E-state index contributed by atoms with van der Waals surface area (Å²) >= 11 is 6.03. The van der Waals surface area contributed by atoms with Crippen LogP contribution in [0.4, 0.5) is 0 Å². The maximum absolute atomic E-state index is 10.5. The first-order valence-corrected chi connectivity index (χ1v) is 11.8. The Morgan fingerprint density at radius 3 is 2.14 bits per heavy atom. The largest absolute Gasteiger partial charge is 0.360 e. The molecule has 0 amide bonds. The predicted molar refractivity (Wildman–Crippen MR) is 132 cm³/mol. The second-order valence-corrected chi connectivity index (χ2v) is 8.20. The Morgan fingerprint density at radius 2 is 1.58 bits per heavy atom. The SMILES string of the molecule is CC.CCCC(O)(O)c1nc(Cl)c(C(O)(O)O)n1Cc1ccc(-c2ccccc2-c2nn[nH]n2)cc1. The molecule has 4 rings (SSSR count). The van der Waals surface area contributed by atoms with Crippen molar-refractivity contribution in [2.45, 2.75) is 51.9 Å². The van der Waals surface area contributed by atoms with Crippen LogP contribution in [-0.2, 0) is 18.3 Å². The van der Waals surface area contributed by atoms with Gasteiger partial charge in [0.15, 0.2) is 11.0 Å². The molecule has 0 aliphatic carbocycles. The number of H-pyrrole nitrogens is 1. The molecule has 4 aromatic rings. The zero-order chi connectivity index (χ0) is 26.5. The van der Waals surface area contributed by atoms with Crippen molar-refractivity contribution in [1.82, 2.24) is 30.2 Å². The highest BCUT2D eigenvalue weighted by Gasteiger charge is 2.39. The van der Waals surface area contributed by atoms with Crippen LogP contribution >= 0.6 is 11.6 Å². The van der Waals surface area contributed by atoms with Gasteiger partial charge >= 0.3 is 5.97 Å². The van der Waals surface area contributed by atoms with Gasteiger partial charge < -0.3 is 30.1 Å². The van der Waals surface area contributed by atoms with Gasteiger partial charge in [-0.1, -0.05) is 87.3 Å². The summed E-state index contributed by atoms with van der Waals surface area (Å²) in [6, 6.07) is 14.8. The Labute approximate surface area is 212 Å². The van der Waals surface area contributed by atoms with E-state index < -0.39 is 22.6 Å². The van der Waals surface area contributed by atoms with Crippen molar-refractivity contribution in [1.29, 1.82) is 0 Å². The van der Waals surface area contributed by atoms with Gasteiger partial charge in [0.1, 0.15) is 5.69 Å². The fourth-order valence-corrected chi connectivity index (χ4v) is 4.15. The molecule has 11 nitrogen and oxygen atoms in total. The number of halogens is 1. The molecule has 0 fully saturated rings. The molecule has 6 N–H and O–H groups in total. The molecule has 0 saturated carbocycles. The van der Waals surface area contributed by atoms with E-state index in [2.05, 4.69) is 25.6 Å². The lowest BCUT2D eigenvalue weighted by atomic mass is 9.98. The average Bonchev–Trinajstić information content (AvgIpc) is 3.49. The summed E-state index contributed by atoms with van der Waals surface area (Å²) < 4.78 is 1.08. The molecule has 0 radical (unpaired) electrons. The van der Waals surface area contributed by atoms with Crippen LogP contribution in [0.2, 0.25) is 5.15 Å². The minimum Gasteiger partial charge on any atom is -0.360 e. The van der Waals surface area contributed by atoms with Crippen LogP contribution in [0.15, 0.2) is 48.5 Å². The fraction of sp³-hybridized carbons (Fsp3) is 0.333. The van der Waals surface area contributed by atoms with Crippen molar-refractivity contribution in [3.8, 4) is 22.5 Å². The Bertz CT molecular complexity index is 1270. The van der Waals surface area contributed by atoms with Gasteiger partial charge in [0.2, 0.25) is 11.6 Å². The van der Waals surface area contributed by atoms with E-state index in [1.165, 1.54) is 0 Å². The lowest BCUT2D eigenvalue weighted by molar-refractivity contribution is -0.327. The number of hydrogen-bond acceptors (Lipinski definition) is 9. The Morgan fingerprint density at radius 1 is 0.944 bits per heavy atom. The number of rotatable bonds is 8. The molecule has 0 aliphatic rings. The van der Waals surface area contributed by atoms with Gasteiger partial charge in [-0.3, -0.25) is 0 Å². The summed E-state index contributed by atoms with van der Waals surface area (Å²) in [5.41, 5.74) is 2.59. The van der Waals surface area contributed by atoms with Crippen LogP contribution < -0.4 is 0 Å². The number of tetrazole rings is 1. The monoisotopic (exact) mass is 516 g/mol. The van der Waals surface area contributed by atoms with E-state index in [0.29, 0.717) is 17.8 Å². The third-order valence-corrected chi connectivity index (χ3v) is 5.58. The van der Waals surface area contributed by atoms with Gasteiger partial charge in [0.05, 0.1) is 0 Å². The highest BCUT2D eigenvalue weighted by atomic mass is 35.5. The molecule has 0 saturated heterocycles. The lowest BCUT2D eigenvalue weighted by Crippen LogP contribution is -2.33. The van der Waals surface area contributed by atoms with E-state index in [0.717, 1.165) is 21.3 Å². The maximum atomic E-state index is 10.5. The Balaban J connectivity index is 0.00000176. The number of aromatic amines is 1. The zero-order valence-electron chi connectivity index (χ0n) is 20.1. The van der Waals surface area contributed by atoms with Crippen molar-refractivity contribution in [2.24, 2.45) is 0 Å². The minimum absolute atomic E-state index is 0.0762. The van der Waals surface area contributed by atoms with Crippen LogP contribution in [0.5, 0.6) is 0 Å². The van der Waals surface area contributed by atoms with Crippen molar-refractivity contribution in [3.05, 3.63) is 70.8 Å².